The number of allylic oxidation sites excluding steroid dienone is 1. The molecule has 1 saturated heterocycles. The van der Waals surface area contributed by atoms with Crippen LogP contribution in [0.25, 0.3) is 0 Å². The molecule has 0 spiro atoms. The Morgan fingerprint density at radius 3 is 2.39 bits per heavy atom. The van der Waals surface area contributed by atoms with E-state index in [1.165, 1.54) is 13.0 Å². The van der Waals surface area contributed by atoms with Gasteiger partial charge in [-0.1, -0.05) is 17.7 Å². The molecule has 18 heavy (non-hydrogen) atoms. The predicted molar refractivity (Wildman–Crippen MR) is 67.1 cm³/mol. The Kier molecular flexibility index (Phi) is 3.10. The Hall–Kier alpha value is -2.23. The second-order valence-electron chi connectivity index (χ2n) is 4.33. The van der Waals surface area contributed by atoms with Gasteiger partial charge < -0.3 is 0 Å². The van der Waals surface area contributed by atoms with Crippen LogP contribution in [0.4, 0.5) is 5.69 Å². The third kappa shape index (κ3) is 2.22. The summed E-state index contributed by atoms with van der Waals surface area (Å²) >= 11 is 0. The summed E-state index contributed by atoms with van der Waals surface area (Å²) in [4.78, 5) is 35.9. The minimum Gasteiger partial charge on any atom is -0.295 e. The van der Waals surface area contributed by atoms with Gasteiger partial charge in [-0.25, -0.2) is 4.90 Å². The Morgan fingerprint density at radius 2 is 1.83 bits per heavy atom. The third-order valence-electron chi connectivity index (χ3n) is 2.74. The van der Waals surface area contributed by atoms with Gasteiger partial charge in [0.05, 0.1) is 12.1 Å². The highest BCUT2D eigenvalue weighted by atomic mass is 16.2. The van der Waals surface area contributed by atoms with Crippen LogP contribution in [0.2, 0.25) is 0 Å². The smallest absolute Gasteiger partial charge is 0.261 e. The Morgan fingerprint density at radius 1 is 1.22 bits per heavy atom. The molecule has 1 aromatic rings. The fraction of sp³-hybridized carbons (Fsp3) is 0.214. The second kappa shape index (κ2) is 4.56. The van der Waals surface area contributed by atoms with Crippen LogP contribution in [0.15, 0.2) is 35.9 Å². The minimum absolute atomic E-state index is 0.00765. The highest BCUT2D eigenvalue weighted by Crippen LogP contribution is 2.26. The van der Waals surface area contributed by atoms with Crippen LogP contribution < -0.4 is 4.90 Å². The maximum atomic E-state index is 12.0. The van der Waals surface area contributed by atoms with Gasteiger partial charge in [0.1, 0.15) is 0 Å². The number of rotatable bonds is 2. The van der Waals surface area contributed by atoms with E-state index in [1.807, 2.05) is 19.1 Å². The maximum absolute atomic E-state index is 12.0. The fourth-order valence-corrected chi connectivity index (χ4v) is 1.89. The largest absolute Gasteiger partial charge is 0.295 e. The van der Waals surface area contributed by atoms with Crippen molar-refractivity contribution in [3.8, 4) is 0 Å². The molecule has 1 fully saturated rings. The average Bonchev–Trinajstić information content (AvgIpc) is 2.55. The molecule has 2 rings (SSSR count). The molecule has 0 unspecified atom stereocenters. The van der Waals surface area contributed by atoms with Gasteiger partial charge in [-0.15, -0.1) is 0 Å². The first-order valence-electron chi connectivity index (χ1n) is 5.64. The first-order chi connectivity index (χ1) is 8.49. The molecule has 1 aromatic carbocycles. The highest BCUT2D eigenvalue weighted by molar-refractivity contribution is 6.29. The van der Waals surface area contributed by atoms with Gasteiger partial charge in [0.15, 0.2) is 5.78 Å². The van der Waals surface area contributed by atoms with Crippen molar-refractivity contribution in [3.05, 3.63) is 41.5 Å². The number of hydrogen-bond donors (Lipinski definition) is 0. The van der Waals surface area contributed by atoms with Crippen molar-refractivity contribution < 1.29 is 14.4 Å². The normalized spacial score (nSPS) is 17.7. The topological polar surface area (TPSA) is 54.5 Å². The average molecular weight is 243 g/mol. The lowest BCUT2D eigenvalue weighted by Crippen LogP contribution is -2.28. The van der Waals surface area contributed by atoms with Crippen LogP contribution in [0, 0.1) is 6.92 Å². The number of hydrogen-bond acceptors (Lipinski definition) is 3. The molecular formula is C14H13NO3. The van der Waals surface area contributed by atoms with Crippen LogP contribution in [0.3, 0.4) is 0 Å². The standard InChI is InChI=1S/C14H13NO3/c1-9-3-5-12(6-4-9)15-13(17)8-11(14(15)18)7-10(2)16/h3-7H,8H2,1-2H3/b11-7+. The van der Waals surface area contributed by atoms with E-state index in [2.05, 4.69) is 0 Å². The Bertz CT molecular complexity index is 555. The van der Waals surface area contributed by atoms with E-state index in [9.17, 15) is 14.4 Å². The molecule has 4 nitrogen and oxygen atoms in total. The van der Waals surface area contributed by atoms with Crippen molar-refractivity contribution in [3.63, 3.8) is 0 Å². The van der Waals surface area contributed by atoms with E-state index in [-0.39, 0.29) is 23.7 Å². The molecule has 0 aromatic heterocycles. The number of benzene rings is 1. The number of carbonyl (C=O) groups is 3. The summed E-state index contributed by atoms with van der Waals surface area (Å²) in [6.07, 6.45) is 1.22. The van der Waals surface area contributed by atoms with E-state index >= 15 is 0 Å². The second-order valence-corrected chi connectivity index (χ2v) is 4.33. The van der Waals surface area contributed by atoms with E-state index in [4.69, 9.17) is 0 Å². The van der Waals surface area contributed by atoms with Crippen molar-refractivity contribution in [1.29, 1.82) is 0 Å². The third-order valence-corrected chi connectivity index (χ3v) is 2.74. The van der Waals surface area contributed by atoms with Gasteiger partial charge in [-0.3, -0.25) is 14.4 Å². The fourth-order valence-electron chi connectivity index (χ4n) is 1.89. The molecule has 1 heterocycles. The minimum atomic E-state index is -0.404. The van der Waals surface area contributed by atoms with Gasteiger partial charge in [-0.2, -0.15) is 0 Å². The van der Waals surface area contributed by atoms with Gasteiger partial charge in [0.2, 0.25) is 5.91 Å². The lowest BCUT2D eigenvalue weighted by molar-refractivity contribution is -0.121. The molecule has 0 aliphatic carbocycles. The van der Waals surface area contributed by atoms with E-state index in [1.54, 1.807) is 12.1 Å². The van der Waals surface area contributed by atoms with Crippen molar-refractivity contribution in [1.82, 2.24) is 0 Å². The van der Waals surface area contributed by atoms with Crippen LogP contribution in [0.1, 0.15) is 18.9 Å². The molecule has 92 valence electrons. The first kappa shape index (κ1) is 12.2. The number of aryl methyl sites for hydroxylation is 1. The van der Waals surface area contributed by atoms with E-state index < -0.39 is 5.91 Å². The van der Waals surface area contributed by atoms with Gasteiger partial charge >= 0.3 is 0 Å². The van der Waals surface area contributed by atoms with Gasteiger partial charge in [-0.05, 0) is 32.1 Å². The zero-order valence-electron chi connectivity index (χ0n) is 10.3. The van der Waals surface area contributed by atoms with Crippen LogP contribution in [0.5, 0.6) is 0 Å². The monoisotopic (exact) mass is 243 g/mol. The summed E-state index contributed by atoms with van der Waals surface area (Å²) in [7, 11) is 0. The van der Waals surface area contributed by atoms with Gasteiger partial charge in [0.25, 0.3) is 5.91 Å². The number of carbonyl (C=O) groups excluding carboxylic acids is 3. The molecule has 4 heteroatoms. The number of nitrogens with zero attached hydrogens (tertiary/aromatic N) is 1. The summed E-state index contributed by atoms with van der Waals surface area (Å²) in [5.41, 5.74) is 1.85. The summed E-state index contributed by atoms with van der Waals surface area (Å²) in [6.45, 7) is 3.29. The lowest BCUT2D eigenvalue weighted by atomic mass is 10.2. The predicted octanol–water partition coefficient (Wildman–Crippen LogP) is 1.77. The van der Waals surface area contributed by atoms with E-state index in [0.717, 1.165) is 10.5 Å². The van der Waals surface area contributed by atoms with Gasteiger partial charge in [0, 0.05) is 5.57 Å². The summed E-state index contributed by atoms with van der Waals surface area (Å²) in [5, 5.41) is 0. The number of anilines is 1. The van der Waals surface area contributed by atoms with Crippen molar-refractivity contribution in [2.24, 2.45) is 0 Å². The molecule has 0 N–H and O–H groups in total. The molecule has 0 atom stereocenters. The Balaban J connectivity index is 2.35. The lowest BCUT2D eigenvalue weighted by Gasteiger charge is -2.13. The first-order valence-corrected chi connectivity index (χ1v) is 5.64. The number of ketones is 1. The SMILES string of the molecule is CC(=O)/C=C1\CC(=O)N(c2ccc(C)cc2)C1=O. The van der Waals surface area contributed by atoms with Crippen LogP contribution in [-0.2, 0) is 14.4 Å². The molecule has 1 aliphatic heterocycles. The van der Waals surface area contributed by atoms with E-state index in [0.29, 0.717) is 5.69 Å². The molecule has 0 radical (unpaired) electrons. The zero-order valence-corrected chi connectivity index (χ0v) is 10.3. The number of amides is 2. The highest BCUT2D eigenvalue weighted by Gasteiger charge is 2.34. The van der Waals surface area contributed by atoms with Crippen molar-refractivity contribution >= 4 is 23.3 Å². The summed E-state index contributed by atoms with van der Waals surface area (Å²) in [6, 6.07) is 7.12. The zero-order chi connectivity index (χ0) is 13.3. The molecule has 1 aliphatic rings. The Labute approximate surface area is 105 Å². The maximum Gasteiger partial charge on any atom is 0.261 e. The molecular weight excluding hydrogens is 230 g/mol. The summed E-state index contributed by atoms with van der Waals surface area (Å²) in [5.74, 6) is -0.924. The quantitative estimate of drug-likeness (QED) is 0.587. The summed E-state index contributed by atoms with van der Waals surface area (Å²) < 4.78 is 0. The molecule has 2 amide bonds. The molecule has 0 saturated carbocycles. The van der Waals surface area contributed by atoms with Crippen molar-refractivity contribution in [2.45, 2.75) is 20.3 Å². The molecule has 0 bridgehead atoms. The van der Waals surface area contributed by atoms with Crippen LogP contribution in [-0.4, -0.2) is 17.6 Å². The van der Waals surface area contributed by atoms with Crippen LogP contribution >= 0.6 is 0 Å². The number of imide groups is 1. The van der Waals surface area contributed by atoms with Crippen molar-refractivity contribution in [2.75, 3.05) is 4.90 Å².